The van der Waals surface area contributed by atoms with Gasteiger partial charge in [0.2, 0.25) is 11.8 Å². The molecular formula is C36H46FN9O7. The number of nitrogens with zero attached hydrogens (tertiary/aromatic N) is 6. The highest BCUT2D eigenvalue weighted by Crippen LogP contribution is 2.27. The predicted molar refractivity (Wildman–Crippen MR) is 188 cm³/mol. The number of amides is 3. The monoisotopic (exact) mass is 735 g/mol. The maximum Gasteiger partial charge on any atom is 0.329 e. The van der Waals surface area contributed by atoms with Crippen LogP contribution in [0.5, 0.6) is 0 Å². The third-order valence-corrected chi connectivity index (χ3v) is 8.91. The number of aliphatic hydroxyl groups excluding tert-OH is 1. The van der Waals surface area contributed by atoms with E-state index >= 15 is 0 Å². The minimum atomic E-state index is -1.50. The molecule has 0 spiro atoms. The van der Waals surface area contributed by atoms with Crippen LogP contribution in [-0.2, 0) is 32.1 Å². The van der Waals surface area contributed by atoms with Crippen molar-refractivity contribution in [1.82, 2.24) is 45.7 Å². The van der Waals surface area contributed by atoms with Gasteiger partial charge in [-0.2, -0.15) is 5.10 Å². The maximum atomic E-state index is 14.8. The average Bonchev–Trinajstić information content (AvgIpc) is 3.94. The molecule has 2 aliphatic rings. The zero-order chi connectivity index (χ0) is 37.9. The van der Waals surface area contributed by atoms with Crippen molar-refractivity contribution in [2.75, 3.05) is 19.6 Å². The zero-order valence-corrected chi connectivity index (χ0v) is 30.0. The molecule has 53 heavy (non-hydrogen) atoms. The van der Waals surface area contributed by atoms with Gasteiger partial charge in [0.25, 0.3) is 5.91 Å². The van der Waals surface area contributed by atoms with Crippen LogP contribution in [0.15, 0.2) is 65.1 Å². The number of oxazole rings is 1. The molecule has 2 bridgehead atoms. The van der Waals surface area contributed by atoms with Crippen LogP contribution in [0, 0.1) is 11.8 Å². The number of carbonyl (C=O) groups is 4. The molecule has 3 aromatic heterocycles. The first-order valence-electron chi connectivity index (χ1n) is 17.7. The molecule has 284 valence electrons. The molecule has 5 rings (SSSR count). The number of allylic oxidation sites excluding steroid dienone is 2. The van der Waals surface area contributed by atoms with E-state index in [1.165, 1.54) is 17.1 Å². The Hall–Kier alpha value is -5.45. The smallest absolute Gasteiger partial charge is 0.329 e. The normalized spacial score (nSPS) is 25.9. The summed E-state index contributed by atoms with van der Waals surface area (Å²) < 4.78 is 27.9. The molecule has 5 heterocycles. The number of rotatable bonds is 7. The molecule has 0 radical (unpaired) electrons. The van der Waals surface area contributed by atoms with E-state index in [1.54, 1.807) is 48.3 Å². The number of fused-ring (bicyclic) bond motifs is 3. The Kier molecular flexibility index (Phi) is 13.4. The van der Waals surface area contributed by atoms with Gasteiger partial charge in [-0.25, -0.2) is 14.2 Å². The highest BCUT2D eigenvalue weighted by Gasteiger charge is 2.39. The van der Waals surface area contributed by atoms with E-state index in [0.29, 0.717) is 36.3 Å². The Bertz CT molecular complexity index is 1800. The number of alkyl halides is 1. The third kappa shape index (κ3) is 11.0. The Balaban J connectivity index is 1.33. The molecule has 3 amide bonds. The molecule has 0 aromatic carbocycles. The molecule has 1 fully saturated rings. The molecule has 16 nitrogen and oxygen atoms in total. The molecule has 4 N–H and O–H groups in total. The second-order valence-corrected chi connectivity index (χ2v) is 13.5. The van der Waals surface area contributed by atoms with Crippen molar-refractivity contribution >= 4 is 23.7 Å². The SMILES string of the molecule is CC1=C\C(O)CC(F)Cc2nc(co2)C(=O)N2CCCC2C(=O)OC(C(C)C)C(CC(=O)NCCn2cc(-c3ccn[nH]3)nn2)/C=C/C(=O)NC\C=C\1. The van der Waals surface area contributed by atoms with Crippen LogP contribution in [0.2, 0.25) is 0 Å². The van der Waals surface area contributed by atoms with E-state index in [2.05, 4.69) is 36.1 Å². The summed E-state index contributed by atoms with van der Waals surface area (Å²) in [6, 6.07) is 0.843. The summed E-state index contributed by atoms with van der Waals surface area (Å²) in [5.41, 5.74) is 1.90. The van der Waals surface area contributed by atoms with Crippen LogP contribution in [0.3, 0.4) is 0 Å². The van der Waals surface area contributed by atoms with Crippen LogP contribution in [0.25, 0.3) is 11.4 Å². The second kappa shape index (κ2) is 18.3. The van der Waals surface area contributed by atoms with Gasteiger partial charge in [-0.1, -0.05) is 48.9 Å². The van der Waals surface area contributed by atoms with Gasteiger partial charge < -0.3 is 29.8 Å². The number of carbonyl (C=O) groups excluding carboxylic acids is 4. The average molecular weight is 736 g/mol. The Morgan fingerprint density at radius 3 is 2.81 bits per heavy atom. The fourth-order valence-corrected chi connectivity index (χ4v) is 6.29. The summed E-state index contributed by atoms with van der Waals surface area (Å²) in [6.45, 7) is 6.43. The Labute approximate surface area is 305 Å². The van der Waals surface area contributed by atoms with Gasteiger partial charge in [-0.3, -0.25) is 24.2 Å². The van der Waals surface area contributed by atoms with E-state index in [-0.39, 0.29) is 62.3 Å². The number of aromatic amines is 1. The zero-order valence-electron chi connectivity index (χ0n) is 30.0. The molecule has 5 atom stereocenters. The van der Waals surface area contributed by atoms with E-state index in [9.17, 15) is 28.7 Å². The summed E-state index contributed by atoms with van der Waals surface area (Å²) >= 11 is 0. The number of halogens is 1. The number of nitrogens with one attached hydrogen (secondary N) is 3. The topological polar surface area (TPSA) is 210 Å². The Morgan fingerprint density at radius 1 is 1.21 bits per heavy atom. The summed E-state index contributed by atoms with van der Waals surface area (Å²) in [7, 11) is 0. The van der Waals surface area contributed by atoms with Gasteiger partial charge in [0.05, 0.1) is 31.0 Å². The van der Waals surface area contributed by atoms with Crippen LogP contribution >= 0.6 is 0 Å². The first-order valence-corrected chi connectivity index (χ1v) is 17.7. The molecule has 0 saturated carbocycles. The standard InChI is InChI=1S/C36H46FN9O7/c1-22(2)34-24(17-32(49)39-13-15-45-20-28(43-44-45)27-10-12-40-42-27)8-9-31(48)38-11-4-6-23(3)16-26(47)18-25(37)19-33-41-29(21-52-33)35(50)46-14-5-7-30(46)36(51)53-34/h4,6,8-10,12,16,20-22,24-26,30,34,47H,5,7,11,13-15,17-19H2,1-3H3,(H,38,48)(H,39,49)(H,40,42)/b6-4+,9-8+,23-16+. The number of aromatic nitrogens is 6. The number of H-pyrrole nitrogens is 1. The molecule has 1 saturated heterocycles. The van der Waals surface area contributed by atoms with Crippen molar-refractivity contribution < 1.29 is 37.8 Å². The van der Waals surface area contributed by atoms with E-state index < -0.39 is 48.1 Å². The fraction of sp³-hybridized carbons (Fsp3) is 0.500. The summed E-state index contributed by atoms with van der Waals surface area (Å²) in [4.78, 5) is 58.9. The van der Waals surface area contributed by atoms with Crippen LogP contribution in [-0.4, -0.2) is 108 Å². The predicted octanol–water partition coefficient (Wildman–Crippen LogP) is 2.47. The van der Waals surface area contributed by atoms with E-state index in [0.717, 1.165) is 6.26 Å². The number of ether oxygens (including phenoxy) is 1. The summed E-state index contributed by atoms with van der Waals surface area (Å²) in [5, 5.41) is 30.9. The van der Waals surface area contributed by atoms with Gasteiger partial charge in [0, 0.05) is 44.6 Å². The number of hydrogen-bond donors (Lipinski definition) is 4. The lowest BCUT2D eigenvalue weighted by atomic mass is 9.89. The van der Waals surface area contributed by atoms with E-state index in [1.807, 2.05) is 13.8 Å². The summed E-state index contributed by atoms with van der Waals surface area (Å²) in [6.07, 6.45) is 9.09. The number of cyclic esters (lactones) is 1. The van der Waals surface area contributed by atoms with E-state index in [4.69, 9.17) is 9.15 Å². The van der Waals surface area contributed by atoms with Crippen LogP contribution in [0.4, 0.5) is 4.39 Å². The van der Waals surface area contributed by atoms with Crippen LogP contribution < -0.4 is 10.6 Å². The highest BCUT2D eigenvalue weighted by atomic mass is 19.1. The van der Waals surface area contributed by atoms with Crippen molar-refractivity contribution in [3.63, 3.8) is 0 Å². The van der Waals surface area contributed by atoms with Crippen molar-refractivity contribution in [2.24, 2.45) is 11.8 Å². The quantitative estimate of drug-likeness (QED) is 0.259. The third-order valence-electron chi connectivity index (χ3n) is 8.91. The summed E-state index contributed by atoms with van der Waals surface area (Å²) in [5.74, 6) is -2.97. The van der Waals surface area contributed by atoms with Crippen molar-refractivity contribution in [3.05, 3.63) is 72.3 Å². The first kappa shape index (κ1) is 38.8. The molecular weight excluding hydrogens is 689 g/mol. The lowest BCUT2D eigenvalue weighted by Gasteiger charge is -2.30. The van der Waals surface area contributed by atoms with Gasteiger partial charge in [-0.05, 0) is 37.8 Å². The van der Waals surface area contributed by atoms with Crippen molar-refractivity contribution in [1.29, 1.82) is 0 Å². The van der Waals surface area contributed by atoms with Gasteiger partial charge in [-0.15, -0.1) is 5.10 Å². The van der Waals surface area contributed by atoms with Gasteiger partial charge in [0.15, 0.2) is 11.6 Å². The highest BCUT2D eigenvalue weighted by molar-refractivity contribution is 5.95. The molecule has 5 unspecified atom stereocenters. The maximum absolute atomic E-state index is 14.8. The fourth-order valence-electron chi connectivity index (χ4n) is 6.29. The van der Waals surface area contributed by atoms with Crippen molar-refractivity contribution in [3.8, 4) is 11.4 Å². The minimum absolute atomic E-state index is 0.00551. The lowest BCUT2D eigenvalue weighted by molar-refractivity contribution is -0.159. The number of aliphatic hydroxyl groups is 1. The van der Waals surface area contributed by atoms with Gasteiger partial charge >= 0.3 is 5.97 Å². The number of hydrogen-bond acceptors (Lipinski definition) is 11. The second-order valence-electron chi connectivity index (χ2n) is 13.5. The molecule has 17 heteroatoms. The van der Waals surface area contributed by atoms with Gasteiger partial charge in [0.1, 0.15) is 30.3 Å². The lowest BCUT2D eigenvalue weighted by Crippen LogP contribution is -2.44. The first-order chi connectivity index (χ1) is 25.5. The number of esters is 1. The van der Waals surface area contributed by atoms with Crippen molar-refractivity contribution in [2.45, 2.75) is 83.8 Å². The largest absolute Gasteiger partial charge is 0.460 e. The molecule has 0 aliphatic carbocycles. The minimum Gasteiger partial charge on any atom is -0.460 e. The Morgan fingerprint density at radius 2 is 2.04 bits per heavy atom. The molecule has 2 aliphatic heterocycles. The van der Waals surface area contributed by atoms with Crippen LogP contribution in [0.1, 0.15) is 62.8 Å². The molecule has 3 aromatic rings.